The molecule has 0 saturated carbocycles. The highest BCUT2D eigenvalue weighted by molar-refractivity contribution is 7.90. The van der Waals surface area contributed by atoms with Crippen LogP contribution in [0.3, 0.4) is 0 Å². The molecule has 0 fully saturated rings. The van der Waals surface area contributed by atoms with E-state index in [0.29, 0.717) is 38.3 Å². The number of ether oxygens (including phenoxy) is 1. The van der Waals surface area contributed by atoms with Crippen LogP contribution < -0.4 is 14.4 Å². The Morgan fingerprint density at radius 2 is 1.96 bits per heavy atom. The van der Waals surface area contributed by atoms with Gasteiger partial charge in [0, 0.05) is 29.1 Å². The molecule has 2 aromatic rings. The number of anilines is 1. The molecule has 45 heavy (non-hydrogen) atoms. The normalized spacial score (nSPS) is 32.5. The molecule has 6 atom stereocenters. The molecular formula is C36H47ClN2O5S. The van der Waals surface area contributed by atoms with Crippen molar-refractivity contribution in [3.05, 3.63) is 82.9 Å². The third-order valence-electron chi connectivity index (χ3n) is 10.5. The summed E-state index contributed by atoms with van der Waals surface area (Å²) in [4.78, 5) is 15.7. The zero-order valence-corrected chi connectivity index (χ0v) is 28.5. The molecule has 244 valence electrons. The average Bonchev–Trinajstić information content (AvgIpc) is 3.13. The molecule has 2 aromatic carbocycles. The summed E-state index contributed by atoms with van der Waals surface area (Å²) in [6, 6.07) is 11.3. The molecular weight excluding hydrogens is 608 g/mol. The summed E-state index contributed by atoms with van der Waals surface area (Å²) in [5.41, 5.74) is 2.01. The van der Waals surface area contributed by atoms with Gasteiger partial charge in [-0.15, -0.1) is 6.58 Å². The number of nitrogens with zero attached hydrogens (tertiary/aromatic N) is 1. The molecule has 1 spiro atoms. The van der Waals surface area contributed by atoms with E-state index >= 15 is 0 Å². The summed E-state index contributed by atoms with van der Waals surface area (Å²) < 4.78 is 35.5. The van der Waals surface area contributed by atoms with Crippen LogP contribution >= 0.6 is 11.6 Å². The summed E-state index contributed by atoms with van der Waals surface area (Å²) >= 11 is 6.42. The quantitative estimate of drug-likeness (QED) is 0.353. The maximum Gasteiger partial charge on any atom is 0.264 e. The van der Waals surface area contributed by atoms with Gasteiger partial charge in [0.25, 0.3) is 5.91 Å². The standard InChI is InChI=1S/C36H47ClN2O5S/c1-6-16-36(41)18-8-10-24(3)26(5)45(42,43)38-34(40)28-12-15-33-32(20-28)39(21-25(4)30(36)7-2)22-35(23-44-33)17-9-11-27-19-29(37)13-14-31(27)35/h6,8,12-15,18-20,24-26,30,41H,1,7,9-11,16-17,21-23H2,2-5H3,(H,38,40)/b18-8+/t24-,25-,26+,30+,35-,36+/m0/s1. The Morgan fingerprint density at radius 1 is 1.18 bits per heavy atom. The molecule has 2 aliphatic heterocycles. The number of rotatable bonds is 3. The number of sulfonamides is 1. The molecule has 9 heteroatoms. The highest BCUT2D eigenvalue weighted by Crippen LogP contribution is 2.45. The molecule has 2 N–H and O–H groups in total. The van der Waals surface area contributed by atoms with Crippen molar-refractivity contribution in [2.75, 3.05) is 24.6 Å². The maximum absolute atomic E-state index is 13.4. The lowest BCUT2D eigenvalue weighted by Crippen LogP contribution is -2.49. The Balaban J connectivity index is 1.65. The largest absolute Gasteiger partial charge is 0.490 e. The Kier molecular flexibility index (Phi) is 9.79. The van der Waals surface area contributed by atoms with Crippen molar-refractivity contribution in [2.24, 2.45) is 17.8 Å². The van der Waals surface area contributed by atoms with E-state index in [-0.39, 0.29) is 28.7 Å². The number of allylic oxidation sites excluding steroid dienone is 1. The van der Waals surface area contributed by atoms with E-state index < -0.39 is 26.8 Å². The van der Waals surface area contributed by atoms with Crippen LogP contribution in [-0.4, -0.2) is 50.0 Å². The Morgan fingerprint density at radius 3 is 2.69 bits per heavy atom. The number of hydrogen-bond acceptors (Lipinski definition) is 6. The van der Waals surface area contributed by atoms with Gasteiger partial charge in [-0.25, -0.2) is 13.1 Å². The van der Waals surface area contributed by atoms with E-state index in [1.807, 2.05) is 25.1 Å². The highest BCUT2D eigenvalue weighted by Gasteiger charge is 2.44. The molecule has 1 amide bonds. The van der Waals surface area contributed by atoms with Crippen molar-refractivity contribution in [1.82, 2.24) is 4.72 Å². The fraction of sp³-hybridized carbons (Fsp3) is 0.528. The van der Waals surface area contributed by atoms with Gasteiger partial charge in [-0.1, -0.05) is 56.7 Å². The number of nitrogens with one attached hydrogen (secondary N) is 1. The minimum atomic E-state index is -3.97. The van der Waals surface area contributed by atoms with Gasteiger partial charge in [-0.2, -0.15) is 0 Å². The Labute approximate surface area is 273 Å². The molecule has 0 saturated heterocycles. The minimum Gasteiger partial charge on any atom is -0.490 e. The van der Waals surface area contributed by atoms with Gasteiger partial charge in [0.15, 0.2) is 0 Å². The fourth-order valence-electron chi connectivity index (χ4n) is 7.82. The summed E-state index contributed by atoms with van der Waals surface area (Å²) in [7, 11) is -3.97. The second-order valence-corrected chi connectivity index (χ2v) is 16.0. The summed E-state index contributed by atoms with van der Waals surface area (Å²) in [5, 5.41) is 12.0. The third-order valence-corrected chi connectivity index (χ3v) is 12.6. The summed E-state index contributed by atoms with van der Waals surface area (Å²) in [6.07, 6.45) is 9.94. The van der Waals surface area contributed by atoms with Gasteiger partial charge in [0.05, 0.1) is 23.1 Å². The molecule has 3 aliphatic rings. The van der Waals surface area contributed by atoms with Crippen LogP contribution in [0.25, 0.3) is 0 Å². The van der Waals surface area contributed by atoms with Gasteiger partial charge in [0.1, 0.15) is 5.75 Å². The number of benzene rings is 2. The van der Waals surface area contributed by atoms with E-state index in [1.165, 1.54) is 11.1 Å². The van der Waals surface area contributed by atoms with Crippen molar-refractivity contribution in [1.29, 1.82) is 0 Å². The molecule has 0 radical (unpaired) electrons. The monoisotopic (exact) mass is 654 g/mol. The second-order valence-electron chi connectivity index (χ2n) is 13.6. The highest BCUT2D eigenvalue weighted by atomic mass is 35.5. The molecule has 2 heterocycles. The van der Waals surface area contributed by atoms with Gasteiger partial charge < -0.3 is 14.7 Å². The van der Waals surface area contributed by atoms with Crippen LogP contribution in [-0.2, 0) is 21.9 Å². The first-order valence-corrected chi connectivity index (χ1v) is 18.1. The minimum absolute atomic E-state index is 0.0444. The molecule has 0 aromatic heterocycles. The van der Waals surface area contributed by atoms with Crippen LogP contribution in [0.1, 0.15) is 81.3 Å². The number of hydrogen-bond donors (Lipinski definition) is 2. The van der Waals surface area contributed by atoms with Gasteiger partial charge >= 0.3 is 0 Å². The zero-order valence-electron chi connectivity index (χ0n) is 26.9. The maximum atomic E-state index is 13.4. The third kappa shape index (κ3) is 6.70. The van der Waals surface area contributed by atoms with Gasteiger partial charge in [-0.3, -0.25) is 4.79 Å². The summed E-state index contributed by atoms with van der Waals surface area (Å²) in [6.45, 7) is 13.4. The predicted octanol–water partition coefficient (Wildman–Crippen LogP) is 6.83. The van der Waals surface area contributed by atoms with E-state index in [0.717, 1.165) is 36.4 Å². The SMILES string of the molecule is C=CC[C@@]1(O)/C=C/C[C@H](C)[C@@H](C)S(=O)(=O)NC(=O)c2ccc3c(c2)N(C[C@H](C)[C@H]1CC)C[C@@]1(CCCc2cc(Cl)ccc21)CO3. The van der Waals surface area contributed by atoms with E-state index in [2.05, 4.69) is 42.2 Å². The number of amides is 1. The van der Waals surface area contributed by atoms with E-state index in [9.17, 15) is 18.3 Å². The second kappa shape index (κ2) is 13.1. The number of carbonyl (C=O) groups is 1. The molecule has 2 bridgehead atoms. The first-order valence-electron chi connectivity index (χ1n) is 16.2. The topological polar surface area (TPSA) is 95.9 Å². The number of aliphatic hydroxyl groups is 1. The first-order chi connectivity index (χ1) is 21.3. The van der Waals surface area contributed by atoms with Crippen LogP contribution in [0.4, 0.5) is 5.69 Å². The lowest BCUT2D eigenvalue weighted by Gasteiger charge is -2.43. The van der Waals surface area contributed by atoms with Crippen molar-refractivity contribution >= 4 is 33.2 Å². The van der Waals surface area contributed by atoms with Crippen molar-refractivity contribution in [2.45, 2.75) is 82.5 Å². The number of halogens is 1. The lowest BCUT2D eigenvalue weighted by molar-refractivity contribution is 0.00462. The molecule has 5 rings (SSSR count). The predicted molar refractivity (Wildman–Crippen MR) is 182 cm³/mol. The fourth-order valence-corrected chi connectivity index (χ4v) is 9.30. The van der Waals surface area contributed by atoms with Gasteiger partial charge in [0.2, 0.25) is 10.0 Å². The van der Waals surface area contributed by atoms with E-state index in [4.69, 9.17) is 16.3 Å². The first kappa shape index (κ1) is 33.6. The zero-order chi connectivity index (χ0) is 32.6. The molecule has 1 aliphatic carbocycles. The number of aryl methyl sites for hydroxylation is 1. The molecule has 7 nitrogen and oxygen atoms in total. The Bertz CT molecular complexity index is 1580. The lowest BCUT2D eigenvalue weighted by atomic mass is 9.69. The number of fused-ring (bicyclic) bond motifs is 3. The average molecular weight is 655 g/mol. The molecule has 0 unspecified atom stereocenters. The Hall–Kier alpha value is -2.81. The smallest absolute Gasteiger partial charge is 0.264 e. The number of carbonyl (C=O) groups excluding carboxylic acids is 1. The van der Waals surface area contributed by atoms with Crippen LogP contribution in [0.15, 0.2) is 61.2 Å². The van der Waals surface area contributed by atoms with Crippen molar-refractivity contribution < 1.29 is 23.1 Å². The van der Waals surface area contributed by atoms with Crippen molar-refractivity contribution in [3.63, 3.8) is 0 Å². The van der Waals surface area contributed by atoms with Crippen LogP contribution in [0.2, 0.25) is 5.02 Å². The van der Waals surface area contributed by atoms with Gasteiger partial charge in [-0.05, 0) is 105 Å². The summed E-state index contributed by atoms with van der Waals surface area (Å²) in [5.74, 6) is -0.357. The van der Waals surface area contributed by atoms with Crippen molar-refractivity contribution in [3.8, 4) is 5.75 Å². The van der Waals surface area contributed by atoms with E-state index in [1.54, 1.807) is 31.2 Å². The van der Waals surface area contributed by atoms with Crippen LogP contribution in [0.5, 0.6) is 5.75 Å². The van der Waals surface area contributed by atoms with Crippen LogP contribution in [0, 0.1) is 17.8 Å².